The Kier molecular flexibility index (Phi) is 4.43. The molecule has 1 aliphatic heterocycles. The Morgan fingerprint density at radius 2 is 1.75 bits per heavy atom. The van der Waals surface area contributed by atoms with E-state index in [4.69, 9.17) is 0 Å². The second kappa shape index (κ2) is 6.66. The maximum Gasteiger partial charge on any atom is 0.113 e. The minimum absolute atomic E-state index is 0.906. The van der Waals surface area contributed by atoms with Crippen LogP contribution in [0, 0.1) is 0 Å². The molecular formula is C16H22N4. The molecule has 0 saturated carbocycles. The number of piperidine rings is 1. The smallest absolute Gasteiger partial charge is 0.113 e. The van der Waals surface area contributed by atoms with Gasteiger partial charge in [-0.1, -0.05) is 36.8 Å². The fourth-order valence-electron chi connectivity index (χ4n) is 2.76. The first-order valence-electron chi connectivity index (χ1n) is 7.60. The topological polar surface area (TPSA) is 34.0 Å². The maximum atomic E-state index is 4.55. The van der Waals surface area contributed by atoms with Crippen molar-refractivity contribution in [1.82, 2.24) is 19.9 Å². The van der Waals surface area contributed by atoms with Gasteiger partial charge in [-0.2, -0.15) is 15.0 Å². The van der Waals surface area contributed by atoms with Gasteiger partial charge in [0.1, 0.15) is 5.69 Å². The highest BCUT2D eigenvalue weighted by atomic mass is 15.5. The van der Waals surface area contributed by atoms with Crippen molar-refractivity contribution in [2.75, 3.05) is 19.6 Å². The Morgan fingerprint density at radius 3 is 2.55 bits per heavy atom. The second-order valence-corrected chi connectivity index (χ2v) is 5.45. The van der Waals surface area contributed by atoms with Crippen molar-refractivity contribution in [3.63, 3.8) is 0 Å². The Morgan fingerprint density at radius 1 is 0.950 bits per heavy atom. The summed E-state index contributed by atoms with van der Waals surface area (Å²) in [6, 6.07) is 10.2. The van der Waals surface area contributed by atoms with Crippen LogP contribution in [0.2, 0.25) is 0 Å². The van der Waals surface area contributed by atoms with Crippen LogP contribution in [0.15, 0.2) is 36.5 Å². The van der Waals surface area contributed by atoms with Crippen LogP contribution < -0.4 is 0 Å². The lowest BCUT2D eigenvalue weighted by atomic mass is 10.1. The maximum absolute atomic E-state index is 4.55. The number of hydrogen-bond donors (Lipinski definition) is 0. The summed E-state index contributed by atoms with van der Waals surface area (Å²) in [6.07, 6.45) is 7.10. The first-order valence-corrected chi connectivity index (χ1v) is 7.60. The first-order chi connectivity index (χ1) is 9.92. The normalized spacial score (nSPS) is 16.4. The minimum Gasteiger partial charge on any atom is -0.303 e. The SMILES string of the molecule is c1ccc(-c2cnn(CCCN3CCCCC3)n2)cc1. The molecule has 0 radical (unpaired) electrons. The quantitative estimate of drug-likeness (QED) is 0.838. The van der Waals surface area contributed by atoms with Gasteiger partial charge in [0.2, 0.25) is 0 Å². The third kappa shape index (κ3) is 3.45. The molecule has 20 heavy (non-hydrogen) atoms. The minimum atomic E-state index is 0.906. The molecule has 4 heteroatoms. The van der Waals surface area contributed by atoms with E-state index in [2.05, 4.69) is 27.2 Å². The number of rotatable bonds is 5. The molecule has 0 aliphatic carbocycles. The van der Waals surface area contributed by atoms with Crippen LogP contribution in [0.5, 0.6) is 0 Å². The average Bonchev–Trinajstić information content (AvgIpc) is 2.98. The van der Waals surface area contributed by atoms with E-state index in [0.717, 1.165) is 24.2 Å². The zero-order valence-corrected chi connectivity index (χ0v) is 11.9. The highest BCUT2D eigenvalue weighted by Crippen LogP contribution is 2.14. The molecule has 0 unspecified atom stereocenters. The molecule has 1 aliphatic rings. The molecule has 1 saturated heterocycles. The molecule has 0 amide bonds. The summed E-state index contributed by atoms with van der Waals surface area (Å²) in [5.74, 6) is 0. The van der Waals surface area contributed by atoms with Crippen molar-refractivity contribution in [3.8, 4) is 11.3 Å². The van der Waals surface area contributed by atoms with Crippen LogP contribution >= 0.6 is 0 Å². The Balaban J connectivity index is 1.50. The number of aromatic nitrogens is 3. The van der Waals surface area contributed by atoms with E-state index in [1.54, 1.807) is 0 Å². The molecule has 4 nitrogen and oxygen atoms in total. The summed E-state index contributed by atoms with van der Waals surface area (Å²) in [6.45, 7) is 4.61. The molecule has 0 atom stereocenters. The highest BCUT2D eigenvalue weighted by Gasteiger charge is 2.09. The number of likely N-dealkylation sites (tertiary alicyclic amines) is 1. The summed E-state index contributed by atoms with van der Waals surface area (Å²) in [7, 11) is 0. The molecule has 0 spiro atoms. The van der Waals surface area contributed by atoms with Crippen molar-refractivity contribution >= 4 is 0 Å². The standard InChI is InChI=1S/C16H22N4/c1-3-8-15(9-4-1)16-14-17-20(18-16)13-7-12-19-10-5-2-6-11-19/h1,3-4,8-9,14H,2,5-7,10-13H2. The van der Waals surface area contributed by atoms with Crippen molar-refractivity contribution in [2.45, 2.75) is 32.2 Å². The zero-order chi connectivity index (χ0) is 13.6. The Labute approximate surface area is 120 Å². The van der Waals surface area contributed by atoms with Crippen LogP contribution in [-0.2, 0) is 6.54 Å². The van der Waals surface area contributed by atoms with Gasteiger partial charge in [-0.3, -0.25) is 0 Å². The largest absolute Gasteiger partial charge is 0.303 e. The van der Waals surface area contributed by atoms with Gasteiger partial charge in [0.25, 0.3) is 0 Å². The third-order valence-electron chi connectivity index (χ3n) is 3.89. The van der Waals surface area contributed by atoms with Crippen LogP contribution in [-0.4, -0.2) is 39.5 Å². The Hall–Kier alpha value is -1.68. The fourth-order valence-corrected chi connectivity index (χ4v) is 2.76. The van der Waals surface area contributed by atoms with Crippen molar-refractivity contribution in [3.05, 3.63) is 36.5 Å². The van der Waals surface area contributed by atoms with E-state index < -0.39 is 0 Å². The lowest BCUT2D eigenvalue weighted by molar-refractivity contribution is 0.220. The van der Waals surface area contributed by atoms with E-state index in [0.29, 0.717) is 0 Å². The number of nitrogens with zero attached hydrogens (tertiary/aromatic N) is 4. The third-order valence-corrected chi connectivity index (χ3v) is 3.89. The van der Waals surface area contributed by atoms with Crippen LogP contribution in [0.4, 0.5) is 0 Å². The molecule has 0 bridgehead atoms. The highest BCUT2D eigenvalue weighted by molar-refractivity contribution is 5.56. The summed E-state index contributed by atoms with van der Waals surface area (Å²) in [5.41, 5.74) is 2.10. The van der Waals surface area contributed by atoms with E-state index in [9.17, 15) is 0 Å². The molecule has 1 aromatic carbocycles. The molecule has 1 aromatic heterocycles. The molecule has 2 aromatic rings. The van der Waals surface area contributed by atoms with Crippen LogP contribution in [0.3, 0.4) is 0 Å². The van der Waals surface area contributed by atoms with Gasteiger partial charge in [0.05, 0.1) is 12.7 Å². The molecule has 1 fully saturated rings. The van der Waals surface area contributed by atoms with E-state index >= 15 is 0 Å². The van der Waals surface area contributed by atoms with Gasteiger partial charge in [0, 0.05) is 5.56 Å². The second-order valence-electron chi connectivity index (χ2n) is 5.45. The number of hydrogen-bond acceptors (Lipinski definition) is 3. The van der Waals surface area contributed by atoms with E-state index in [1.807, 2.05) is 29.2 Å². The summed E-state index contributed by atoms with van der Waals surface area (Å²) < 4.78 is 0. The summed E-state index contributed by atoms with van der Waals surface area (Å²) in [5, 5.41) is 8.91. The van der Waals surface area contributed by atoms with Gasteiger partial charge in [-0.25, -0.2) is 0 Å². The Bertz CT molecular complexity index is 514. The number of benzene rings is 1. The zero-order valence-electron chi connectivity index (χ0n) is 11.9. The molecular weight excluding hydrogens is 248 g/mol. The molecule has 2 heterocycles. The van der Waals surface area contributed by atoms with E-state index in [-0.39, 0.29) is 0 Å². The summed E-state index contributed by atoms with van der Waals surface area (Å²) >= 11 is 0. The first kappa shape index (κ1) is 13.3. The van der Waals surface area contributed by atoms with Crippen LogP contribution in [0.1, 0.15) is 25.7 Å². The van der Waals surface area contributed by atoms with Gasteiger partial charge >= 0.3 is 0 Å². The average molecular weight is 270 g/mol. The number of aryl methyl sites for hydroxylation is 1. The fraction of sp³-hybridized carbons (Fsp3) is 0.500. The van der Waals surface area contributed by atoms with Gasteiger partial charge in [0.15, 0.2) is 0 Å². The predicted molar refractivity (Wildman–Crippen MR) is 80.4 cm³/mol. The molecule has 3 rings (SSSR count). The van der Waals surface area contributed by atoms with E-state index in [1.165, 1.54) is 38.9 Å². The summed E-state index contributed by atoms with van der Waals surface area (Å²) in [4.78, 5) is 4.39. The van der Waals surface area contributed by atoms with Gasteiger partial charge < -0.3 is 4.90 Å². The molecule has 0 N–H and O–H groups in total. The monoisotopic (exact) mass is 270 g/mol. The van der Waals surface area contributed by atoms with Crippen LogP contribution in [0.25, 0.3) is 11.3 Å². The lowest BCUT2D eigenvalue weighted by Gasteiger charge is -2.26. The van der Waals surface area contributed by atoms with Crippen molar-refractivity contribution in [1.29, 1.82) is 0 Å². The lowest BCUT2D eigenvalue weighted by Crippen LogP contribution is -2.31. The molecule has 106 valence electrons. The van der Waals surface area contributed by atoms with Crippen molar-refractivity contribution in [2.24, 2.45) is 0 Å². The van der Waals surface area contributed by atoms with Gasteiger partial charge in [-0.05, 0) is 38.9 Å². The predicted octanol–water partition coefficient (Wildman–Crippen LogP) is 2.82. The van der Waals surface area contributed by atoms with Crippen molar-refractivity contribution < 1.29 is 0 Å². The van der Waals surface area contributed by atoms with Gasteiger partial charge in [-0.15, -0.1) is 0 Å².